The van der Waals surface area contributed by atoms with Crippen molar-refractivity contribution in [2.75, 3.05) is 13.2 Å². The van der Waals surface area contributed by atoms with Crippen LogP contribution in [0.1, 0.15) is 32.3 Å². The molecule has 0 aliphatic rings. The van der Waals surface area contributed by atoms with E-state index in [0.717, 1.165) is 25.0 Å². The lowest BCUT2D eigenvalue weighted by Gasteiger charge is -2.14. The van der Waals surface area contributed by atoms with Gasteiger partial charge in [0, 0.05) is 19.3 Å². The summed E-state index contributed by atoms with van der Waals surface area (Å²) in [7, 11) is -1.53. The molecule has 108 valence electrons. The molecule has 0 heterocycles. The lowest BCUT2D eigenvalue weighted by molar-refractivity contribution is 0.212. The molecule has 19 heavy (non-hydrogen) atoms. The van der Waals surface area contributed by atoms with Crippen LogP contribution in [-0.2, 0) is 15.3 Å². The second-order valence-corrected chi connectivity index (χ2v) is 6.42. The van der Waals surface area contributed by atoms with E-state index in [2.05, 4.69) is 0 Å². The molecule has 0 saturated heterocycles. The number of aryl methyl sites for hydroxylation is 1. The molecule has 0 amide bonds. The Bertz CT molecular complexity index is 368. The van der Waals surface area contributed by atoms with Crippen molar-refractivity contribution in [3.63, 3.8) is 0 Å². The fourth-order valence-corrected chi connectivity index (χ4v) is 3.73. The topological polar surface area (TPSA) is 18.5 Å². The van der Waals surface area contributed by atoms with Crippen molar-refractivity contribution in [1.82, 2.24) is 0 Å². The molecule has 0 bridgehead atoms. The Morgan fingerprint density at radius 3 is 2.32 bits per heavy atom. The third-order valence-electron chi connectivity index (χ3n) is 2.86. The van der Waals surface area contributed by atoms with Crippen LogP contribution in [0.25, 0.3) is 0 Å². The molecule has 1 aromatic rings. The van der Waals surface area contributed by atoms with E-state index in [1.807, 2.05) is 13.8 Å². The Balaban J connectivity index is 2.29. The van der Waals surface area contributed by atoms with Crippen molar-refractivity contribution in [3.8, 4) is 0 Å². The van der Waals surface area contributed by atoms with E-state index in [0.29, 0.717) is 25.2 Å². The van der Waals surface area contributed by atoms with E-state index in [1.165, 1.54) is 12.1 Å². The van der Waals surface area contributed by atoms with Crippen LogP contribution in [0.3, 0.4) is 0 Å². The Hall–Kier alpha value is -0.783. The number of halogens is 2. The van der Waals surface area contributed by atoms with Gasteiger partial charge in [-0.2, -0.15) is 0 Å². The number of hydrogen-bond acceptors (Lipinski definition) is 2. The van der Waals surface area contributed by atoms with Gasteiger partial charge in [-0.15, -0.1) is 0 Å². The first kappa shape index (κ1) is 16.3. The highest BCUT2D eigenvalue weighted by Crippen LogP contribution is 2.14. The van der Waals surface area contributed by atoms with Crippen molar-refractivity contribution in [1.29, 1.82) is 0 Å². The predicted octanol–water partition coefficient (Wildman–Crippen LogP) is 3.58. The molecule has 0 unspecified atom stereocenters. The van der Waals surface area contributed by atoms with Crippen LogP contribution in [0.15, 0.2) is 18.2 Å². The second-order valence-electron chi connectivity index (χ2n) is 4.32. The van der Waals surface area contributed by atoms with Crippen molar-refractivity contribution in [3.05, 3.63) is 35.4 Å². The van der Waals surface area contributed by atoms with E-state index >= 15 is 0 Å². The molecule has 0 atom stereocenters. The van der Waals surface area contributed by atoms with Crippen molar-refractivity contribution in [2.24, 2.45) is 0 Å². The number of hydrogen-bond donors (Lipinski definition) is 0. The average Bonchev–Trinajstić information content (AvgIpc) is 2.37. The minimum atomic E-state index is -1.53. The first-order valence-electron chi connectivity index (χ1n) is 6.84. The second kappa shape index (κ2) is 9.17. The van der Waals surface area contributed by atoms with Gasteiger partial charge in [-0.05, 0) is 44.4 Å². The summed E-state index contributed by atoms with van der Waals surface area (Å²) >= 11 is 0. The van der Waals surface area contributed by atoms with Gasteiger partial charge in [-0.25, -0.2) is 8.78 Å². The van der Waals surface area contributed by atoms with Gasteiger partial charge in [-0.3, -0.25) is 0 Å². The van der Waals surface area contributed by atoms with Gasteiger partial charge in [0.05, 0.1) is 0 Å². The molecule has 0 spiro atoms. The number of benzene rings is 1. The van der Waals surface area contributed by atoms with Crippen LogP contribution in [-0.4, -0.2) is 22.5 Å². The molecule has 5 heteroatoms. The van der Waals surface area contributed by atoms with E-state index in [-0.39, 0.29) is 0 Å². The summed E-state index contributed by atoms with van der Waals surface area (Å²) in [6.07, 6.45) is 2.45. The van der Waals surface area contributed by atoms with Gasteiger partial charge < -0.3 is 8.85 Å². The molecule has 1 aromatic carbocycles. The Labute approximate surface area is 115 Å². The van der Waals surface area contributed by atoms with Crippen LogP contribution in [0.2, 0.25) is 6.04 Å². The van der Waals surface area contributed by atoms with Crippen molar-refractivity contribution in [2.45, 2.75) is 39.2 Å². The quantitative estimate of drug-likeness (QED) is 0.511. The lowest BCUT2D eigenvalue weighted by Crippen LogP contribution is -2.22. The van der Waals surface area contributed by atoms with Crippen LogP contribution in [0.5, 0.6) is 0 Å². The average molecular weight is 288 g/mol. The van der Waals surface area contributed by atoms with Gasteiger partial charge in [0.1, 0.15) is 11.6 Å². The third kappa shape index (κ3) is 6.27. The van der Waals surface area contributed by atoms with Crippen LogP contribution >= 0.6 is 0 Å². The molecule has 0 N–H and O–H groups in total. The van der Waals surface area contributed by atoms with Gasteiger partial charge in [0.2, 0.25) is 0 Å². The van der Waals surface area contributed by atoms with E-state index < -0.39 is 20.9 Å². The normalized spacial score (nSPS) is 11.2. The molecule has 1 rings (SSSR count). The van der Waals surface area contributed by atoms with Gasteiger partial charge in [-0.1, -0.05) is 12.5 Å². The maximum atomic E-state index is 13.4. The molecule has 0 fully saturated rings. The lowest BCUT2D eigenvalue weighted by atomic mass is 10.1. The summed E-state index contributed by atoms with van der Waals surface area (Å²) in [4.78, 5) is 0. The zero-order valence-electron chi connectivity index (χ0n) is 11.6. The molecule has 0 saturated carbocycles. The first-order chi connectivity index (χ1) is 9.17. The first-order valence-corrected chi connectivity index (χ1v) is 8.60. The molecular weight excluding hydrogens is 266 g/mol. The zero-order chi connectivity index (χ0) is 14.1. The fraction of sp³-hybridized carbons (Fsp3) is 0.571. The van der Waals surface area contributed by atoms with Gasteiger partial charge >= 0.3 is 9.28 Å². The van der Waals surface area contributed by atoms with Gasteiger partial charge in [0.15, 0.2) is 0 Å². The summed E-state index contributed by atoms with van der Waals surface area (Å²) in [6.45, 7) is 5.30. The Kier molecular flexibility index (Phi) is 7.86. The van der Waals surface area contributed by atoms with E-state index in [9.17, 15) is 8.78 Å². The highest BCUT2D eigenvalue weighted by molar-refractivity contribution is 6.44. The Morgan fingerprint density at radius 1 is 1.05 bits per heavy atom. The number of unbranched alkanes of at least 4 members (excludes halogenated alkanes) is 1. The summed E-state index contributed by atoms with van der Waals surface area (Å²) in [5.74, 6) is -0.982. The van der Waals surface area contributed by atoms with Crippen LogP contribution in [0, 0.1) is 11.6 Å². The molecule has 2 nitrogen and oxygen atoms in total. The van der Waals surface area contributed by atoms with Crippen LogP contribution < -0.4 is 0 Å². The predicted molar refractivity (Wildman–Crippen MR) is 74.5 cm³/mol. The van der Waals surface area contributed by atoms with Crippen LogP contribution in [0.4, 0.5) is 8.78 Å². The molecule has 0 aliphatic carbocycles. The largest absolute Gasteiger partial charge is 0.397 e. The fourth-order valence-electron chi connectivity index (χ4n) is 1.94. The molecule has 0 aromatic heterocycles. The SMILES string of the molecule is CCO[SiH](CCCCc1ccc(F)cc1F)OCC. The summed E-state index contributed by atoms with van der Waals surface area (Å²) in [5, 5.41) is 0. The maximum absolute atomic E-state index is 13.4. The minimum absolute atomic E-state index is 0.455. The van der Waals surface area contributed by atoms with Crippen molar-refractivity contribution >= 4 is 9.28 Å². The summed E-state index contributed by atoms with van der Waals surface area (Å²) in [5.41, 5.74) is 0.576. The highest BCUT2D eigenvalue weighted by Gasteiger charge is 2.11. The monoisotopic (exact) mass is 288 g/mol. The molecular formula is C14H22F2O2Si. The van der Waals surface area contributed by atoms with E-state index in [4.69, 9.17) is 8.85 Å². The standard InChI is InChI=1S/C14H22F2O2Si/c1-3-17-19(18-4-2)10-6-5-7-12-8-9-13(15)11-14(12)16/h8-9,11,19H,3-7,10H2,1-2H3. The zero-order valence-corrected chi connectivity index (χ0v) is 12.8. The van der Waals surface area contributed by atoms with Crippen molar-refractivity contribution < 1.29 is 17.6 Å². The molecule has 0 aliphatic heterocycles. The summed E-state index contributed by atoms with van der Waals surface area (Å²) in [6, 6.07) is 4.69. The van der Waals surface area contributed by atoms with Gasteiger partial charge in [0.25, 0.3) is 0 Å². The highest BCUT2D eigenvalue weighted by atomic mass is 28.3. The smallest absolute Gasteiger partial charge is 0.321 e. The third-order valence-corrected chi connectivity index (χ3v) is 5.15. The minimum Gasteiger partial charge on any atom is -0.397 e. The summed E-state index contributed by atoms with van der Waals surface area (Å²) < 4.78 is 37.3. The number of rotatable bonds is 9. The molecule has 0 radical (unpaired) electrons. The van der Waals surface area contributed by atoms with E-state index in [1.54, 1.807) is 0 Å². The maximum Gasteiger partial charge on any atom is 0.321 e. The Morgan fingerprint density at radius 2 is 1.74 bits per heavy atom.